The summed E-state index contributed by atoms with van der Waals surface area (Å²) >= 11 is 5.83. The van der Waals surface area contributed by atoms with E-state index < -0.39 is 0 Å². The Morgan fingerprint density at radius 2 is 2.00 bits per heavy atom. The van der Waals surface area contributed by atoms with Crippen molar-refractivity contribution in [2.24, 2.45) is 0 Å². The van der Waals surface area contributed by atoms with Crippen LogP contribution in [0, 0.1) is 0 Å². The van der Waals surface area contributed by atoms with Crippen molar-refractivity contribution in [2.75, 3.05) is 11.9 Å². The van der Waals surface area contributed by atoms with Gasteiger partial charge in [-0.3, -0.25) is 9.59 Å². The number of hydrogen-bond donors (Lipinski definition) is 3. The second-order valence-corrected chi connectivity index (χ2v) is 5.28. The van der Waals surface area contributed by atoms with Crippen LogP contribution in [0.5, 0.6) is 0 Å². The molecule has 1 heterocycles. The van der Waals surface area contributed by atoms with Crippen molar-refractivity contribution in [3.05, 3.63) is 59.4 Å². The van der Waals surface area contributed by atoms with Gasteiger partial charge in [0.25, 0.3) is 5.91 Å². The van der Waals surface area contributed by atoms with Gasteiger partial charge in [0, 0.05) is 10.6 Å². The van der Waals surface area contributed by atoms with Gasteiger partial charge < -0.3 is 15.6 Å². The molecule has 0 atom stereocenters. The van der Waals surface area contributed by atoms with Crippen LogP contribution in [0.15, 0.2) is 48.8 Å². The highest BCUT2D eigenvalue weighted by Gasteiger charge is 2.10. The molecule has 0 unspecified atom stereocenters. The van der Waals surface area contributed by atoms with Crippen LogP contribution in [0.2, 0.25) is 5.02 Å². The zero-order valence-electron chi connectivity index (χ0n) is 12.0. The number of nitrogens with zero attached hydrogens (tertiary/aromatic N) is 1. The van der Waals surface area contributed by atoms with Crippen LogP contribution < -0.4 is 10.6 Å². The lowest BCUT2D eigenvalue weighted by Gasteiger charge is -2.07. The van der Waals surface area contributed by atoms with Crippen LogP contribution in [0.4, 0.5) is 5.69 Å². The summed E-state index contributed by atoms with van der Waals surface area (Å²) in [7, 11) is 0. The lowest BCUT2D eigenvalue weighted by atomic mass is 10.2. The van der Waals surface area contributed by atoms with E-state index in [-0.39, 0.29) is 18.4 Å². The van der Waals surface area contributed by atoms with Crippen molar-refractivity contribution >= 4 is 40.1 Å². The minimum absolute atomic E-state index is 0.147. The van der Waals surface area contributed by atoms with E-state index in [4.69, 9.17) is 11.6 Å². The molecule has 6 nitrogen and oxygen atoms in total. The summed E-state index contributed by atoms with van der Waals surface area (Å²) in [6.07, 6.45) is 1.56. The molecule has 3 aromatic rings. The van der Waals surface area contributed by atoms with Crippen molar-refractivity contribution < 1.29 is 9.59 Å². The number of hydrogen-bond acceptors (Lipinski definition) is 3. The van der Waals surface area contributed by atoms with Crippen LogP contribution in [0.1, 0.15) is 10.4 Å². The second kappa shape index (κ2) is 6.50. The van der Waals surface area contributed by atoms with Crippen LogP contribution >= 0.6 is 11.6 Å². The lowest BCUT2D eigenvalue weighted by Crippen LogP contribution is -2.32. The Labute approximate surface area is 136 Å². The molecule has 0 saturated heterocycles. The molecule has 0 fully saturated rings. The number of halogens is 1. The maximum Gasteiger partial charge on any atom is 0.251 e. The molecule has 3 rings (SSSR count). The zero-order valence-corrected chi connectivity index (χ0v) is 12.7. The standard InChI is InChI=1S/C16H13ClN4O2/c17-11-4-1-3-10(7-11)16(23)18-8-14(22)21-13-6-2-5-12-15(13)20-9-19-12/h1-7,9H,8H2,(H,18,23)(H,19,20)(H,21,22). The molecule has 3 N–H and O–H groups in total. The predicted octanol–water partition coefficient (Wildman–Crippen LogP) is 2.58. The van der Waals surface area contributed by atoms with Crippen molar-refractivity contribution in [3.8, 4) is 0 Å². The molecule has 116 valence electrons. The van der Waals surface area contributed by atoms with Crippen LogP contribution in [-0.4, -0.2) is 28.3 Å². The molecule has 7 heteroatoms. The number of rotatable bonds is 4. The summed E-state index contributed by atoms with van der Waals surface area (Å²) < 4.78 is 0. The molecule has 2 aromatic carbocycles. The Kier molecular flexibility index (Phi) is 4.25. The van der Waals surface area contributed by atoms with Gasteiger partial charge in [-0.25, -0.2) is 4.98 Å². The quantitative estimate of drug-likeness (QED) is 0.688. The maximum absolute atomic E-state index is 12.0. The SMILES string of the molecule is O=C(CNC(=O)c1cccc(Cl)c1)Nc1cccc2[nH]cnc12. The third-order valence-electron chi connectivity index (χ3n) is 3.22. The number of para-hydroxylation sites is 1. The molecule has 2 amide bonds. The van der Waals surface area contributed by atoms with Gasteiger partial charge in [0.2, 0.25) is 5.91 Å². The van der Waals surface area contributed by atoms with Crippen molar-refractivity contribution in [2.45, 2.75) is 0 Å². The van der Waals surface area contributed by atoms with Gasteiger partial charge in [0.15, 0.2) is 0 Å². The largest absolute Gasteiger partial charge is 0.345 e. The Morgan fingerprint density at radius 3 is 2.83 bits per heavy atom. The molecule has 0 aliphatic rings. The number of anilines is 1. The minimum atomic E-state index is -0.361. The molecule has 0 saturated carbocycles. The topological polar surface area (TPSA) is 86.9 Å². The highest BCUT2D eigenvalue weighted by atomic mass is 35.5. The predicted molar refractivity (Wildman–Crippen MR) is 88.5 cm³/mol. The first-order chi connectivity index (χ1) is 11.1. The Bertz CT molecular complexity index is 875. The number of carbonyl (C=O) groups is 2. The van der Waals surface area contributed by atoms with Gasteiger partial charge in [0.1, 0.15) is 5.52 Å². The number of carbonyl (C=O) groups excluding carboxylic acids is 2. The highest BCUT2D eigenvalue weighted by molar-refractivity contribution is 6.31. The number of nitrogens with one attached hydrogen (secondary N) is 3. The fourth-order valence-electron chi connectivity index (χ4n) is 2.15. The van der Waals surface area contributed by atoms with Crippen molar-refractivity contribution in [1.82, 2.24) is 15.3 Å². The van der Waals surface area contributed by atoms with E-state index >= 15 is 0 Å². The number of fused-ring (bicyclic) bond motifs is 1. The monoisotopic (exact) mass is 328 g/mol. The summed E-state index contributed by atoms with van der Waals surface area (Å²) in [5, 5.41) is 5.74. The molecule has 0 spiro atoms. The molecular formula is C16H13ClN4O2. The maximum atomic E-state index is 12.0. The average Bonchev–Trinajstić information content (AvgIpc) is 3.02. The average molecular weight is 329 g/mol. The zero-order chi connectivity index (χ0) is 16.2. The van der Waals surface area contributed by atoms with E-state index in [0.717, 1.165) is 5.52 Å². The van der Waals surface area contributed by atoms with E-state index in [9.17, 15) is 9.59 Å². The van der Waals surface area contributed by atoms with E-state index in [0.29, 0.717) is 21.8 Å². The van der Waals surface area contributed by atoms with Crippen LogP contribution in [-0.2, 0) is 4.79 Å². The number of benzene rings is 2. The van der Waals surface area contributed by atoms with E-state index in [1.807, 2.05) is 6.07 Å². The molecule has 0 bridgehead atoms. The molecule has 0 aliphatic carbocycles. The first-order valence-corrected chi connectivity index (χ1v) is 7.27. The fourth-order valence-corrected chi connectivity index (χ4v) is 2.34. The van der Waals surface area contributed by atoms with Crippen molar-refractivity contribution in [3.63, 3.8) is 0 Å². The Morgan fingerprint density at radius 1 is 1.17 bits per heavy atom. The molecule has 1 aromatic heterocycles. The van der Waals surface area contributed by atoms with Gasteiger partial charge >= 0.3 is 0 Å². The van der Waals surface area contributed by atoms with E-state index in [1.165, 1.54) is 0 Å². The van der Waals surface area contributed by atoms with Crippen LogP contribution in [0.25, 0.3) is 11.0 Å². The second-order valence-electron chi connectivity index (χ2n) is 4.85. The number of H-pyrrole nitrogens is 1. The third kappa shape index (κ3) is 3.49. The highest BCUT2D eigenvalue weighted by Crippen LogP contribution is 2.19. The number of aromatic nitrogens is 2. The number of imidazole rings is 1. The fraction of sp³-hybridized carbons (Fsp3) is 0.0625. The Balaban J connectivity index is 1.62. The smallest absolute Gasteiger partial charge is 0.251 e. The van der Waals surface area contributed by atoms with Crippen LogP contribution in [0.3, 0.4) is 0 Å². The number of amides is 2. The first-order valence-electron chi connectivity index (χ1n) is 6.89. The normalized spacial score (nSPS) is 10.5. The first kappa shape index (κ1) is 15.1. The third-order valence-corrected chi connectivity index (χ3v) is 3.46. The molecular weight excluding hydrogens is 316 g/mol. The summed E-state index contributed by atoms with van der Waals surface area (Å²) in [5.41, 5.74) is 2.48. The van der Waals surface area contributed by atoms with Gasteiger partial charge in [0.05, 0.1) is 24.1 Å². The van der Waals surface area contributed by atoms with Gasteiger partial charge in [-0.2, -0.15) is 0 Å². The molecule has 23 heavy (non-hydrogen) atoms. The lowest BCUT2D eigenvalue weighted by molar-refractivity contribution is -0.115. The van der Waals surface area contributed by atoms with Gasteiger partial charge in [-0.15, -0.1) is 0 Å². The number of aromatic amines is 1. The molecule has 0 radical (unpaired) electrons. The summed E-state index contributed by atoms with van der Waals surface area (Å²) in [4.78, 5) is 31.1. The summed E-state index contributed by atoms with van der Waals surface area (Å²) in [6.45, 7) is -0.147. The summed E-state index contributed by atoms with van der Waals surface area (Å²) in [5.74, 6) is -0.698. The van der Waals surface area contributed by atoms with Crippen molar-refractivity contribution in [1.29, 1.82) is 0 Å². The van der Waals surface area contributed by atoms with E-state index in [2.05, 4.69) is 20.6 Å². The van der Waals surface area contributed by atoms with Gasteiger partial charge in [-0.1, -0.05) is 23.7 Å². The molecule has 0 aliphatic heterocycles. The van der Waals surface area contributed by atoms with Gasteiger partial charge in [-0.05, 0) is 30.3 Å². The van der Waals surface area contributed by atoms with E-state index in [1.54, 1.807) is 42.7 Å². The Hall–Kier alpha value is -2.86. The summed E-state index contributed by atoms with van der Waals surface area (Å²) in [6, 6.07) is 11.9. The minimum Gasteiger partial charge on any atom is -0.345 e.